The molecule has 0 radical (unpaired) electrons. The first kappa shape index (κ1) is 21.2. The number of carbonyl (C=O) groups excluding carboxylic acids is 1. The fourth-order valence-electron chi connectivity index (χ4n) is 5.16. The highest BCUT2D eigenvalue weighted by Gasteiger charge is 2.45. The molecule has 1 aliphatic carbocycles. The molecule has 2 aromatic rings. The molecule has 2 aliphatic heterocycles. The number of alkyl halides is 3. The van der Waals surface area contributed by atoms with Crippen LogP contribution in [0.3, 0.4) is 0 Å². The molecule has 1 saturated heterocycles. The summed E-state index contributed by atoms with van der Waals surface area (Å²) >= 11 is 0. The van der Waals surface area contributed by atoms with E-state index in [9.17, 15) is 22.4 Å². The number of likely N-dealkylation sites (tertiary alicyclic amines) is 1. The molecule has 32 heavy (non-hydrogen) atoms. The van der Waals surface area contributed by atoms with Gasteiger partial charge in [0.05, 0.1) is 24.3 Å². The Balaban J connectivity index is 1.22. The lowest BCUT2D eigenvalue weighted by molar-refractivity contribution is -0.137. The zero-order valence-corrected chi connectivity index (χ0v) is 17.6. The van der Waals surface area contributed by atoms with Crippen molar-refractivity contribution < 1.29 is 27.1 Å². The average molecular weight is 448 g/mol. The smallest absolute Gasteiger partial charge is 0.416 e. The van der Waals surface area contributed by atoms with E-state index in [1.165, 1.54) is 12.1 Å². The Morgan fingerprint density at radius 2 is 1.94 bits per heavy atom. The fourth-order valence-corrected chi connectivity index (χ4v) is 5.16. The maximum Gasteiger partial charge on any atom is 0.416 e. The number of amides is 1. The largest absolute Gasteiger partial charge is 0.492 e. The van der Waals surface area contributed by atoms with Gasteiger partial charge in [0.1, 0.15) is 11.6 Å². The van der Waals surface area contributed by atoms with E-state index in [-0.39, 0.29) is 29.2 Å². The van der Waals surface area contributed by atoms with Gasteiger partial charge in [-0.15, -0.1) is 0 Å². The third-order valence-corrected chi connectivity index (χ3v) is 7.29. The number of piperidine rings is 1. The quantitative estimate of drug-likeness (QED) is 0.709. The van der Waals surface area contributed by atoms with Crippen LogP contribution in [-0.2, 0) is 22.8 Å². The predicted octanol–water partition coefficient (Wildman–Crippen LogP) is 4.37. The second-order valence-electron chi connectivity index (χ2n) is 9.10. The van der Waals surface area contributed by atoms with Gasteiger partial charge < -0.3 is 10.1 Å². The number of benzene rings is 2. The van der Waals surface area contributed by atoms with Crippen LogP contribution in [0.15, 0.2) is 36.4 Å². The van der Waals surface area contributed by atoms with Crippen LogP contribution < -0.4 is 10.1 Å². The third kappa shape index (κ3) is 3.54. The van der Waals surface area contributed by atoms with Gasteiger partial charge in [0, 0.05) is 11.0 Å². The normalized spacial score (nSPS) is 22.5. The number of rotatable bonds is 3. The van der Waals surface area contributed by atoms with Gasteiger partial charge in [0.25, 0.3) is 0 Å². The summed E-state index contributed by atoms with van der Waals surface area (Å²) in [5.74, 6) is -0.0906. The number of hydrogen-bond acceptors (Lipinski definition) is 3. The van der Waals surface area contributed by atoms with Crippen LogP contribution in [0.2, 0.25) is 0 Å². The third-order valence-electron chi connectivity index (χ3n) is 7.29. The summed E-state index contributed by atoms with van der Waals surface area (Å²) in [7, 11) is 0. The first-order valence-corrected chi connectivity index (χ1v) is 10.8. The lowest BCUT2D eigenvalue weighted by Crippen LogP contribution is -2.52. The number of nitrogens with one attached hydrogen (secondary N) is 1. The van der Waals surface area contributed by atoms with Crippen LogP contribution in [0.1, 0.15) is 48.1 Å². The molecule has 2 aromatic carbocycles. The number of fused-ring (bicyclic) bond motifs is 3. The van der Waals surface area contributed by atoms with Crippen molar-refractivity contribution in [3.63, 3.8) is 0 Å². The molecule has 5 rings (SSSR count). The van der Waals surface area contributed by atoms with E-state index in [1.54, 1.807) is 12.1 Å². The van der Waals surface area contributed by atoms with Crippen LogP contribution in [0.5, 0.6) is 5.75 Å². The van der Waals surface area contributed by atoms with E-state index in [4.69, 9.17) is 4.74 Å². The molecule has 170 valence electrons. The first-order chi connectivity index (χ1) is 15.2. The molecule has 1 N–H and O–H groups in total. The Bertz CT molecular complexity index is 1060. The van der Waals surface area contributed by atoms with E-state index in [1.807, 2.05) is 6.92 Å². The van der Waals surface area contributed by atoms with Crippen LogP contribution in [0.4, 0.5) is 17.6 Å². The van der Waals surface area contributed by atoms with Crippen molar-refractivity contribution in [2.45, 2.75) is 49.9 Å². The van der Waals surface area contributed by atoms with Crippen molar-refractivity contribution >= 4 is 5.91 Å². The molecule has 2 heterocycles. The number of hydrogen-bond donors (Lipinski definition) is 1. The second kappa shape index (κ2) is 7.47. The van der Waals surface area contributed by atoms with E-state index in [2.05, 4.69) is 10.2 Å². The van der Waals surface area contributed by atoms with Crippen molar-refractivity contribution in [2.75, 3.05) is 19.7 Å². The summed E-state index contributed by atoms with van der Waals surface area (Å²) in [4.78, 5) is 14.9. The summed E-state index contributed by atoms with van der Waals surface area (Å²) in [5.41, 5.74) is 1.71. The van der Waals surface area contributed by atoms with Gasteiger partial charge in [-0.05, 0) is 74.7 Å². The number of nitrogens with zero attached hydrogens (tertiary/aromatic N) is 1. The van der Waals surface area contributed by atoms with Gasteiger partial charge in [-0.1, -0.05) is 12.1 Å². The van der Waals surface area contributed by atoms with Crippen molar-refractivity contribution in [3.8, 4) is 5.75 Å². The monoisotopic (exact) mass is 448 g/mol. The highest BCUT2D eigenvalue weighted by molar-refractivity contribution is 5.82. The molecule has 0 aromatic heterocycles. The standard InChI is InChI=1S/C24H24F4N2O2/c1-14(22(31)29-20-10-15-2-4-17(25)12-18(15)20)30-8-6-23(7-9-30)13-32-21-11-16(24(26,27)28)3-5-19(21)23/h2-5,11-12,14,20H,6-10,13H2,1H3,(H,29,31). The number of ether oxygens (including phenoxy) is 1. The Morgan fingerprint density at radius 3 is 2.66 bits per heavy atom. The molecule has 4 nitrogen and oxygen atoms in total. The molecule has 0 saturated carbocycles. The van der Waals surface area contributed by atoms with Crippen molar-refractivity contribution in [2.24, 2.45) is 0 Å². The van der Waals surface area contributed by atoms with Crippen LogP contribution in [-0.4, -0.2) is 36.5 Å². The van der Waals surface area contributed by atoms with Gasteiger partial charge in [-0.25, -0.2) is 4.39 Å². The van der Waals surface area contributed by atoms with Gasteiger partial charge in [0.15, 0.2) is 0 Å². The van der Waals surface area contributed by atoms with Gasteiger partial charge in [-0.3, -0.25) is 9.69 Å². The fraction of sp³-hybridized carbons (Fsp3) is 0.458. The Hall–Kier alpha value is -2.61. The number of halogens is 4. The minimum Gasteiger partial charge on any atom is -0.492 e. The topological polar surface area (TPSA) is 41.6 Å². The summed E-state index contributed by atoms with van der Waals surface area (Å²) in [6, 6.07) is 7.90. The van der Waals surface area contributed by atoms with Crippen molar-refractivity contribution in [1.29, 1.82) is 0 Å². The molecule has 1 fully saturated rings. The highest BCUT2D eigenvalue weighted by Crippen LogP contribution is 2.47. The minimum absolute atomic E-state index is 0.0984. The Morgan fingerprint density at radius 1 is 1.19 bits per heavy atom. The van der Waals surface area contributed by atoms with Crippen LogP contribution in [0.25, 0.3) is 0 Å². The van der Waals surface area contributed by atoms with Gasteiger partial charge in [0.2, 0.25) is 5.91 Å². The molecule has 1 amide bonds. The van der Waals surface area contributed by atoms with Gasteiger partial charge in [-0.2, -0.15) is 13.2 Å². The van der Waals surface area contributed by atoms with E-state index >= 15 is 0 Å². The molecular weight excluding hydrogens is 424 g/mol. The predicted molar refractivity (Wildman–Crippen MR) is 110 cm³/mol. The van der Waals surface area contributed by atoms with Crippen molar-refractivity contribution in [1.82, 2.24) is 10.2 Å². The van der Waals surface area contributed by atoms with Crippen LogP contribution in [0, 0.1) is 5.82 Å². The molecule has 0 bridgehead atoms. The summed E-state index contributed by atoms with van der Waals surface area (Å²) in [6.07, 6.45) is -2.28. The molecule has 2 unspecified atom stereocenters. The summed E-state index contributed by atoms with van der Waals surface area (Å²) < 4.78 is 58.2. The molecule has 2 atom stereocenters. The number of carbonyl (C=O) groups is 1. The van der Waals surface area contributed by atoms with E-state index in [0.717, 1.165) is 28.8 Å². The van der Waals surface area contributed by atoms with E-state index in [0.29, 0.717) is 44.7 Å². The SMILES string of the molecule is CC(C(=O)NC1Cc2ccc(F)cc21)N1CCC2(CC1)COc1cc(C(F)(F)F)ccc12. The highest BCUT2D eigenvalue weighted by atomic mass is 19.4. The molecule has 1 spiro atoms. The first-order valence-electron chi connectivity index (χ1n) is 10.8. The molecular formula is C24H24F4N2O2. The maximum absolute atomic E-state index is 13.5. The van der Waals surface area contributed by atoms with Crippen LogP contribution >= 0.6 is 0 Å². The van der Waals surface area contributed by atoms with Crippen molar-refractivity contribution in [3.05, 3.63) is 64.5 Å². The zero-order chi connectivity index (χ0) is 22.7. The average Bonchev–Trinajstić information content (AvgIpc) is 3.10. The molecule has 8 heteroatoms. The Kier molecular flexibility index (Phi) is 4.96. The Labute approximate surface area is 183 Å². The lowest BCUT2D eigenvalue weighted by Gasteiger charge is -2.41. The van der Waals surface area contributed by atoms with Gasteiger partial charge >= 0.3 is 6.18 Å². The molecule has 3 aliphatic rings. The van der Waals surface area contributed by atoms with E-state index < -0.39 is 11.7 Å². The maximum atomic E-state index is 13.5. The summed E-state index contributed by atoms with van der Waals surface area (Å²) in [5, 5.41) is 3.02. The summed E-state index contributed by atoms with van der Waals surface area (Å²) in [6.45, 7) is 3.51. The second-order valence-corrected chi connectivity index (χ2v) is 9.10. The minimum atomic E-state index is -4.40. The zero-order valence-electron chi connectivity index (χ0n) is 17.6. The lowest BCUT2D eigenvalue weighted by atomic mass is 9.74.